The first-order chi connectivity index (χ1) is 9.01. The number of Topliss-reactive ketones (excluding diaryl/α,β-unsaturated/α-hetero) is 1. The van der Waals surface area contributed by atoms with Gasteiger partial charge in [0.05, 0.1) is 8.66 Å². The molecule has 5 heteroatoms. The molecule has 1 rings (SSSR count). The molecule has 0 aromatic heterocycles. The normalized spacial score (nSPS) is 16.6. The van der Waals surface area contributed by atoms with Crippen LogP contribution in [0.1, 0.15) is 29.1 Å². The number of carboxylic acid groups (broad SMARTS) is 1. The maximum Gasteiger partial charge on any atom is 0.306 e. The highest BCUT2D eigenvalue weighted by Gasteiger charge is 2.18. The van der Waals surface area contributed by atoms with Crippen molar-refractivity contribution in [2.75, 3.05) is 5.73 Å². The van der Waals surface area contributed by atoms with Gasteiger partial charge in [0.25, 0.3) is 0 Å². The van der Waals surface area contributed by atoms with Crippen molar-refractivity contribution in [1.82, 2.24) is 0 Å². The van der Waals surface area contributed by atoms with E-state index in [0.717, 1.165) is 13.0 Å². The fourth-order valence-electron chi connectivity index (χ4n) is 0.958. The number of aliphatic carboxylic acids is 1. The molecule has 0 fully saturated rings. The maximum absolute atomic E-state index is 12.2. The SMILES string of the molecule is [2H]c1c(Cl)cc(N)c(C(=O)C([2H])([2H])C(C)C(=O)O)c1[2H]. The minimum Gasteiger partial charge on any atom is -0.481 e. The molecule has 1 unspecified atom stereocenters. The smallest absolute Gasteiger partial charge is 0.306 e. The molecule has 1 atom stereocenters. The summed E-state index contributed by atoms with van der Waals surface area (Å²) >= 11 is 5.64. The Hall–Kier alpha value is -1.55. The number of carboxylic acids is 1. The lowest BCUT2D eigenvalue weighted by Gasteiger charge is -2.07. The summed E-state index contributed by atoms with van der Waals surface area (Å²) in [7, 11) is 0. The van der Waals surface area contributed by atoms with Gasteiger partial charge >= 0.3 is 5.97 Å². The van der Waals surface area contributed by atoms with Crippen molar-refractivity contribution in [1.29, 1.82) is 0 Å². The van der Waals surface area contributed by atoms with Crippen LogP contribution in [0.25, 0.3) is 0 Å². The summed E-state index contributed by atoms with van der Waals surface area (Å²) in [6.45, 7) is 1.04. The molecule has 0 spiro atoms. The number of hydrogen-bond donors (Lipinski definition) is 2. The van der Waals surface area contributed by atoms with Crippen LogP contribution in [0.15, 0.2) is 18.2 Å². The Bertz CT molecular complexity index is 592. The van der Waals surface area contributed by atoms with Crippen molar-refractivity contribution in [2.45, 2.75) is 13.3 Å². The summed E-state index contributed by atoms with van der Waals surface area (Å²) in [5, 5.41) is 8.68. The molecule has 3 N–H and O–H groups in total. The van der Waals surface area contributed by atoms with Gasteiger partial charge in [-0.2, -0.15) is 0 Å². The third-order valence-corrected chi connectivity index (χ3v) is 2.03. The zero-order chi connectivity index (χ0) is 15.8. The van der Waals surface area contributed by atoms with E-state index < -0.39 is 41.7 Å². The number of anilines is 1. The van der Waals surface area contributed by atoms with Gasteiger partial charge in [0.1, 0.15) is 0 Å². The summed E-state index contributed by atoms with van der Waals surface area (Å²) in [6, 6.07) is -0.0269. The number of rotatable bonds is 4. The van der Waals surface area contributed by atoms with Crippen LogP contribution in [0.2, 0.25) is 5.02 Å². The fourth-order valence-corrected chi connectivity index (χ4v) is 1.12. The average Bonchev–Trinajstić information content (AvgIpc) is 2.34. The van der Waals surface area contributed by atoms with Gasteiger partial charge in [-0.05, 0) is 18.2 Å². The van der Waals surface area contributed by atoms with Gasteiger partial charge in [-0.3, -0.25) is 9.59 Å². The number of carbonyl (C=O) groups is 2. The Labute approximate surface area is 104 Å². The van der Waals surface area contributed by atoms with Crippen LogP contribution >= 0.6 is 11.6 Å². The second-order valence-corrected chi connectivity index (χ2v) is 3.51. The van der Waals surface area contributed by atoms with Crippen LogP contribution in [-0.2, 0) is 4.79 Å². The first kappa shape index (κ1) is 7.68. The van der Waals surface area contributed by atoms with E-state index in [4.69, 9.17) is 27.9 Å². The lowest BCUT2D eigenvalue weighted by Crippen LogP contribution is -2.15. The Morgan fingerprint density at radius 2 is 2.31 bits per heavy atom. The van der Waals surface area contributed by atoms with Crippen molar-refractivity contribution in [3.63, 3.8) is 0 Å². The highest BCUT2D eigenvalue weighted by molar-refractivity contribution is 6.31. The van der Waals surface area contributed by atoms with E-state index in [1.54, 1.807) is 0 Å². The number of halogens is 1. The number of nitrogen functional groups attached to an aromatic ring is 1. The summed E-state index contributed by atoms with van der Waals surface area (Å²) in [5.74, 6) is -4.37. The van der Waals surface area contributed by atoms with Crippen LogP contribution in [0.3, 0.4) is 0 Å². The molecule has 0 saturated carbocycles. The van der Waals surface area contributed by atoms with E-state index >= 15 is 0 Å². The molecular formula is C11H12ClNO3. The minimum absolute atomic E-state index is 0.143. The molecule has 16 heavy (non-hydrogen) atoms. The zero-order valence-corrected chi connectivity index (χ0v) is 9.13. The summed E-state index contributed by atoms with van der Waals surface area (Å²) < 4.78 is 30.4. The molecule has 1 aromatic carbocycles. The van der Waals surface area contributed by atoms with Crippen LogP contribution in [0, 0.1) is 5.92 Å². The third kappa shape index (κ3) is 2.97. The second-order valence-electron chi connectivity index (χ2n) is 3.11. The third-order valence-electron chi connectivity index (χ3n) is 1.82. The predicted octanol–water partition coefficient (Wildman–Crippen LogP) is 2.22. The second kappa shape index (κ2) is 4.99. The molecule has 1 aromatic rings. The largest absolute Gasteiger partial charge is 0.481 e. The van der Waals surface area contributed by atoms with E-state index in [9.17, 15) is 9.59 Å². The molecule has 0 bridgehead atoms. The topological polar surface area (TPSA) is 80.4 Å². The van der Waals surface area contributed by atoms with Crippen molar-refractivity contribution < 1.29 is 20.2 Å². The molecular weight excluding hydrogens is 230 g/mol. The zero-order valence-electron chi connectivity index (χ0n) is 12.4. The fraction of sp³-hybridized carbons (Fsp3) is 0.273. The average molecular weight is 246 g/mol. The minimum atomic E-state index is -2.75. The molecule has 0 saturated heterocycles. The van der Waals surface area contributed by atoms with Crippen LogP contribution in [0.4, 0.5) is 5.69 Å². The van der Waals surface area contributed by atoms with Crippen LogP contribution in [0.5, 0.6) is 0 Å². The molecule has 0 aliphatic carbocycles. The lowest BCUT2D eigenvalue weighted by molar-refractivity contribution is -0.141. The Morgan fingerprint density at radius 3 is 2.88 bits per heavy atom. The van der Waals surface area contributed by atoms with Gasteiger partial charge in [0.15, 0.2) is 5.78 Å². The van der Waals surface area contributed by atoms with Crippen LogP contribution in [-0.4, -0.2) is 16.9 Å². The standard InChI is InChI=1S/C11H12ClNO3/c1-6(11(15)16)4-10(14)8-3-2-7(12)5-9(8)13/h2-3,5-6H,4,13H2,1H3,(H,15,16)/i2D,3D,4D2. The first-order valence-corrected chi connectivity index (χ1v) is 4.72. The summed E-state index contributed by atoms with van der Waals surface area (Å²) in [6.07, 6.45) is -2.75. The Morgan fingerprint density at radius 1 is 1.69 bits per heavy atom. The van der Waals surface area contributed by atoms with Gasteiger partial charge < -0.3 is 10.8 Å². The van der Waals surface area contributed by atoms with Crippen molar-refractivity contribution >= 4 is 29.0 Å². The van der Waals surface area contributed by atoms with E-state index in [2.05, 4.69) is 0 Å². The Kier molecular flexibility index (Phi) is 2.39. The maximum atomic E-state index is 12.2. The van der Waals surface area contributed by atoms with Crippen molar-refractivity contribution in [3.8, 4) is 0 Å². The van der Waals surface area contributed by atoms with Crippen molar-refractivity contribution in [3.05, 3.63) is 28.7 Å². The number of hydrogen-bond acceptors (Lipinski definition) is 3. The van der Waals surface area contributed by atoms with E-state index in [0.29, 0.717) is 0 Å². The van der Waals surface area contributed by atoms with Gasteiger partial charge in [-0.15, -0.1) is 0 Å². The highest BCUT2D eigenvalue weighted by Crippen LogP contribution is 2.20. The summed E-state index contributed by atoms with van der Waals surface area (Å²) in [4.78, 5) is 23.0. The Balaban J connectivity index is 3.43. The lowest BCUT2D eigenvalue weighted by atomic mass is 9.99. The van der Waals surface area contributed by atoms with Crippen molar-refractivity contribution in [2.24, 2.45) is 5.92 Å². The van der Waals surface area contributed by atoms with Gasteiger partial charge in [-0.25, -0.2) is 0 Å². The number of ketones is 1. The van der Waals surface area contributed by atoms with Gasteiger partial charge in [-0.1, -0.05) is 18.5 Å². The van der Waals surface area contributed by atoms with E-state index in [1.165, 1.54) is 0 Å². The molecule has 86 valence electrons. The molecule has 0 aliphatic rings. The molecule has 0 radical (unpaired) electrons. The van der Waals surface area contributed by atoms with Gasteiger partial charge in [0.2, 0.25) is 0 Å². The molecule has 0 heterocycles. The van der Waals surface area contributed by atoms with Gasteiger partial charge in [0, 0.05) is 25.4 Å². The first-order valence-electron chi connectivity index (χ1n) is 6.34. The number of nitrogens with two attached hydrogens (primary N) is 1. The molecule has 0 amide bonds. The number of carbonyl (C=O) groups excluding carboxylic acids is 1. The van der Waals surface area contributed by atoms with E-state index in [-0.39, 0.29) is 10.7 Å². The van der Waals surface area contributed by atoms with Crippen LogP contribution < -0.4 is 5.73 Å². The summed E-state index contributed by atoms with van der Waals surface area (Å²) in [5.41, 5.74) is 4.75. The van der Waals surface area contributed by atoms with E-state index in [1.807, 2.05) is 0 Å². The number of benzene rings is 1. The molecule has 4 nitrogen and oxygen atoms in total. The quantitative estimate of drug-likeness (QED) is 0.630. The monoisotopic (exact) mass is 245 g/mol. The predicted molar refractivity (Wildman–Crippen MR) is 61.6 cm³/mol. The highest BCUT2D eigenvalue weighted by atomic mass is 35.5. The molecule has 0 aliphatic heterocycles.